The molecule has 2 amide bonds. The van der Waals surface area contributed by atoms with Crippen LogP contribution in [0.4, 0.5) is 4.79 Å². The lowest BCUT2D eigenvalue weighted by molar-refractivity contribution is -0.123. The van der Waals surface area contributed by atoms with Gasteiger partial charge in [-0.1, -0.05) is 32.0 Å². The third-order valence-corrected chi connectivity index (χ3v) is 6.32. The molecule has 7 heteroatoms. The molecule has 1 aliphatic heterocycles. The molecule has 0 aliphatic carbocycles. The molecular formula is C24H26BrNO4S. The van der Waals surface area contributed by atoms with Crippen molar-refractivity contribution in [3.05, 3.63) is 62.5 Å². The minimum absolute atomic E-state index is 0.209. The summed E-state index contributed by atoms with van der Waals surface area (Å²) in [6, 6.07) is 11.7. The van der Waals surface area contributed by atoms with Crippen LogP contribution in [0.1, 0.15) is 43.4 Å². The van der Waals surface area contributed by atoms with E-state index in [0.29, 0.717) is 17.4 Å². The van der Waals surface area contributed by atoms with Gasteiger partial charge >= 0.3 is 0 Å². The van der Waals surface area contributed by atoms with Crippen molar-refractivity contribution in [3.8, 4) is 11.5 Å². The van der Waals surface area contributed by atoms with E-state index in [9.17, 15) is 9.59 Å². The molecule has 164 valence electrons. The number of benzene rings is 2. The second kappa shape index (κ2) is 10.4. The molecule has 0 N–H and O–H groups in total. The molecule has 0 unspecified atom stereocenters. The maximum absolute atomic E-state index is 12.8. The average molecular weight is 504 g/mol. The number of aryl methyl sites for hydroxylation is 1. The van der Waals surface area contributed by atoms with Gasteiger partial charge in [-0.3, -0.25) is 14.5 Å². The van der Waals surface area contributed by atoms with Crippen LogP contribution in [0.25, 0.3) is 6.08 Å². The van der Waals surface area contributed by atoms with Crippen LogP contribution in [-0.2, 0) is 4.79 Å². The molecule has 1 saturated heterocycles. The van der Waals surface area contributed by atoms with E-state index in [1.54, 1.807) is 6.08 Å². The molecule has 0 atom stereocenters. The third kappa shape index (κ3) is 5.71. The SMILES string of the molecule is CCOc1ccc(/C=C2\SC(=O)N(CCOc3cc(C)ccc3C(C)C)C2=O)cc1Br. The lowest BCUT2D eigenvalue weighted by Crippen LogP contribution is -2.32. The van der Waals surface area contributed by atoms with Gasteiger partial charge in [0.1, 0.15) is 18.1 Å². The largest absolute Gasteiger partial charge is 0.493 e. The molecule has 5 nitrogen and oxygen atoms in total. The van der Waals surface area contributed by atoms with Crippen molar-refractivity contribution in [2.75, 3.05) is 19.8 Å². The van der Waals surface area contributed by atoms with Gasteiger partial charge in [-0.15, -0.1) is 0 Å². The number of nitrogens with zero attached hydrogens (tertiary/aromatic N) is 1. The van der Waals surface area contributed by atoms with E-state index >= 15 is 0 Å². The Hall–Kier alpha value is -2.25. The van der Waals surface area contributed by atoms with Gasteiger partial charge in [0.2, 0.25) is 0 Å². The van der Waals surface area contributed by atoms with E-state index in [1.165, 1.54) is 4.90 Å². The second-order valence-corrected chi connectivity index (χ2v) is 9.35. The van der Waals surface area contributed by atoms with Gasteiger partial charge in [-0.25, -0.2) is 0 Å². The molecule has 0 bridgehead atoms. The first-order chi connectivity index (χ1) is 14.8. The molecule has 2 aromatic carbocycles. The van der Waals surface area contributed by atoms with Crippen LogP contribution in [0.15, 0.2) is 45.8 Å². The number of thioether (sulfide) groups is 1. The molecule has 1 fully saturated rings. The van der Waals surface area contributed by atoms with E-state index in [2.05, 4.69) is 41.9 Å². The molecular weight excluding hydrogens is 478 g/mol. The number of halogens is 1. The average Bonchev–Trinajstić information content (AvgIpc) is 2.97. The number of carbonyl (C=O) groups excluding carboxylic acids is 2. The van der Waals surface area contributed by atoms with E-state index in [4.69, 9.17) is 9.47 Å². The smallest absolute Gasteiger partial charge is 0.293 e. The Balaban J connectivity index is 1.67. The van der Waals surface area contributed by atoms with Crippen molar-refractivity contribution < 1.29 is 19.1 Å². The third-order valence-electron chi connectivity index (χ3n) is 4.79. The number of hydrogen-bond donors (Lipinski definition) is 0. The number of amides is 2. The molecule has 3 rings (SSSR count). The summed E-state index contributed by atoms with van der Waals surface area (Å²) >= 11 is 4.42. The predicted molar refractivity (Wildman–Crippen MR) is 129 cm³/mol. The molecule has 0 saturated carbocycles. The Kier molecular flexibility index (Phi) is 7.84. The molecule has 1 heterocycles. The Morgan fingerprint density at radius 3 is 2.55 bits per heavy atom. The summed E-state index contributed by atoms with van der Waals surface area (Å²) in [5.74, 6) is 1.57. The maximum atomic E-state index is 12.8. The van der Waals surface area contributed by atoms with Crippen LogP contribution in [0.5, 0.6) is 11.5 Å². The van der Waals surface area contributed by atoms with Crippen molar-refractivity contribution in [2.24, 2.45) is 0 Å². The van der Waals surface area contributed by atoms with Crippen LogP contribution in [0.2, 0.25) is 0 Å². The Morgan fingerprint density at radius 1 is 1.10 bits per heavy atom. The molecule has 0 aromatic heterocycles. The van der Waals surface area contributed by atoms with Crippen LogP contribution >= 0.6 is 27.7 Å². The minimum atomic E-state index is -0.295. The highest BCUT2D eigenvalue weighted by atomic mass is 79.9. The van der Waals surface area contributed by atoms with Gasteiger partial charge in [-0.05, 0) is 88.4 Å². The van der Waals surface area contributed by atoms with Gasteiger partial charge < -0.3 is 9.47 Å². The first-order valence-electron chi connectivity index (χ1n) is 10.2. The zero-order valence-electron chi connectivity index (χ0n) is 18.1. The fraction of sp³-hybridized carbons (Fsp3) is 0.333. The topological polar surface area (TPSA) is 55.8 Å². The second-order valence-electron chi connectivity index (χ2n) is 7.50. The van der Waals surface area contributed by atoms with Gasteiger partial charge in [0.15, 0.2) is 0 Å². The Morgan fingerprint density at radius 2 is 1.87 bits per heavy atom. The van der Waals surface area contributed by atoms with Gasteiger partial charge in [-0.2, -0.15) is 0 Å². The molecule has 0 spiro atoms. The first kappa shape index (κ1) is 23.4. The summed E-state index contributed by atoms with van der Waals surface area (Å²) in [6.45, 7) is 9.18. The molecule has 31 heavy (non-hydrogen) atoms. The Bertz CT molecular complexity index is 1020. The monoisotopic (exact) mass is 503 g/mol. The van der Waals surface area contributed by atoms with Crippen molar-refractivity contribution in [1.82, 2.24) is 4.90 Å². The van der Waals surface area contributed by atoms with Gasteiger partial charge in [0.25, 0.3) is 11.1 Å². The number of imide groups is 1. The van der Waals surface area contributed by atoms with Gasteiger partial charge in [0, 0.05) is 0 Å². The fourth-order valence-corrected chi connectivity index (χ4v) is 4.59. The molecule has 1 aliphatic rings. The highest BCUT2D eigenvalue weighted by molar-refractivity contribution is 9.10. The normalized spacial score (nSPS) is 15.3. The van der Waals surface area contributed by atoms with Gasteiger partial charge in [0.05, 0.1) is 22.5 Å². The molecule has 2 aromatic rings. The highest BCUT2D eigenvalue weighted by Crippen LogP contribution is 2.34. The number of ether oxygens (including phenoxy) is 2. The summed E-state index contributed by atoms with van der Waals surface area (Å²) in [7, 11) is 0. The first-order valence-corrected chi connectivity index (χ1v) is 11.8. The molecule has 0 radical (unpaired) electrons. The Labute approximate surface area is 195 Å². The lowest BCUT2D eigenvalue weighted by atomic mass is 10.0. The fourth-order valence-electron chi connectivity index (χ4n) is 3.21. The quantitative estimate of drug-likeness (QED) is 0.390. The summed E-state index contributed by atoms with van der Waals surface area (Å²) in [4.78, 5) is 26.8. The van der Waals surface area contributed by atoms with Crippen LogP contribution < -0.4 is 9.47 Å². The summed E-state index contributed by atoms with van der Waals surface area (Å²) < 4.78 is 12.3. The van der Waals surface area contributed by atoms with Crippen molar-refractivity contribution in [2.45, 2.75) is 33.6 Å². The highest BCUT2D eigenvalue weighted by Gasteiger charge is 2.34. The van der Waals surface area contributed by atoms with Crippen molar-refractivity contribution in [3.63, 3.8) is 0 Å². The summed E-state index contributed by atoms with van der Waals surface area (Å²) in [5, 5.41) is -0.279. The number of rotatable bonds is 8. The maximum Gasteiger partial charge on any atom is 0.293 e. The zero-order valence-corrected chi connectivity index (χ0v) is 20.5. The van der Waals surface area contributed by atoms with Crippen molar-refractivity contribution >= 4 is 44.9 Å². The number of hydrogen-bond acceptors (Lipinski definition) is 5. The number of carbonyl (C=O) groups is 2. The van der Waals surface area contributed by atoms with Crippen molar-refractivity contribution in [1.29, 1.82) is 0 Å². The zero-order chi connectivity index (χ0) is 22.5. The predicted octanol–water partition coefficient (Wildman–Crippen LogP) is 6.39. The minimum Gasteiger partial charge on any atom is -0.493 e. The van der Waals surface area contributed by atoms with E-state index in [1.807, 2.05) is 38.1 Å². The van der Waals surface area contributed by atoms with E-state index < -0.39 is 0 Å². The lowest BCUT2D eigenvalue weighted by Gasteiger charge is -2.17. The van der Waals surface area contributed by atoms with Crippen LogP contribution in [-0.4, -0.2) is 35.8 Å². The van der Waals surface area contributed by atoms with Crippen LogP contribution in [0.3, 0.4) is 0 Å². The summed E-state index contributed by atoms with van der Waals surface area (Å²) in [6.07, 6.45) is 1.73. The van der Waals surface area contributed by atoms with E-state index in [-0.39, 0.29) is 24.3 Å². The van der Waals surface area contributed by atoms with E-state index in [0.717, 1.165) is 44.4 Å². The standard InChI is InChI=1S/C24H26BrNO4S/c1-5-29-20-9-7-17(13-19(20)25)14-22-23(27)26(24(28)31-22)10-11-30-21-12-16(4)6-8-18(21)15(2)3/h6-9,12-15H,5,10-11H2,1-4H3/b22-14-. The van der Waals surface area contributed by atoms with Crippen LogP contribution in [0, 0.1) is 6.92 Å². The summed E-state index contributed by atoms with van der Waals surface area (Å²) in [5.41, 5.74) is 3.04.